The molecule has 2 N–H and O–H groups in total. The second kappa shape index (κ2) is 6.05. The van der Waals surface area contributed by atoms with Gasteiger partial charge in [-0.25, -0.2) is 0 Å². The summed E-state index contributed by atoms with van der Waals surface area (Å²) in [6, 6.07) is 7.02. The third-order valence-electron chi connectivity index (χ3n) is 4.06. The molecule has 0 radical (unpaired) electrons. The predicted octanol–water partition coefficient (Wildman–Crippen LogP) is 3.21. The number of hydrogen-bond acceptors (Lipinski definition) is 2. The zero-order valence-electron chi connectivity index (χ0n) is 11.3. The molecule has 1 saturated heterocycles. The molecule has 1 aliphatic heterocycles. The third-order valence-corrected chi connectivity index (χ3v) is 4.47. The summed E-state index contributed by atoms with van der Waals surface area (Å²) in [6.07, 6.45) is 2.52. The van der Waals surface area contributed by atoms with Crippen LogP contribution >= 0.6 is 11.6 Å². The van der Waals surface area contributed by atoms with Crippen LogP contribution in [0.15, 0.2) is 18.2 Å². The summed E-state index contributed by atoms with van der Waals surface area (Å²) in [6.45, 7) is 7.25. The number of nitrogens with two attached hydrogens (primary N) is 1. The molecule has 1 heterocycles. The number of piperidine rings is 1. The van der Waals surface area contributed by atoms with E-state index in [1.165, 1.54) is 18.4 Å². The van der Waals surface area contributed by atoms with Crippen LogP contribution in [0.3, 0.4) is 0 Å². The Hall–Kier alpha value is -0.570. The maximum atomic E-state index is 6.19. The minimum absolute atomic E-state index is 0.646. The molecule has 2 atom stereocenters. The lowest BCUT2D eigenvalue weighted by molar-refractivity contribution is 0.113. The van der Waals surface area contributed by atoms with E-state index in [4.69, 9.17) is 17.3 Å². The van der Waals surface area contributed by atoms with Crippen LogP contribution in [0.25, 0.3) is 0 Å². The first-order valence-corrected chi connectivity index (χ1v) is 7.17. The lowest BCUT2D eigenvalue weighted by Gasteiger charge is -2.37. The number of halogens is 1. The minimum Gasteiger partial charge on any atom is -0.330 e. The first-order chi connectivity index (χ1) is 8.60. The van der Waals surface area contributed by atoms with Crippen LogP contribution in [0, 0.1) is 12.8 Å². The van der Waals surface area contributed by atoms with E-state index in [-0.39, 0.29) is 0 Å². The van der Waals surface area contributed by atoms with Gasteiger partial charge in [0.15, 0.2) is 0 Å². The van der Waals surface area contributed by atoms with E-state index < -0.39 is 0 Å². The molecular formula is C15H23ClN2. The molecule has 2 unspecified atom stereocenters. The Balaban J connectivity index is 2.04. The van der Waals surface area contributed by atoms with E-state index in [0.717, 1.165) is 30.2 Å². The van der Waals surface area contributed by atoms with E-state index >= 15 is 0 Å². The van der Waals surface area contributed by atoms with Gasteiger partial charge in [0.1, 0.15) is 0 Å². The Bertz CT molecular complexity index is 405. The number of likely N-dealkylation sites (tertiary alicyclic amines) is 1. The lowest BCUT2D eigenvalue weighted by Crippen LogP contribution is -2.43. The van der Waals surface area contributed by atoms with Gasteiger partial charge in [-0.3, -0.25) is 4.90 Å². The lowest BCUT2D eigenvalue weighted by atomic mass is 9.93. The molecule has 2 rings (SSSR count). The van der Waals surface area contributed by atoms with Gasteiger partial charge in [0, 0.05) is 24.2 Å². The average molecular weight is 267 g/mol. The topological polar surface area (TPSA) is 29.3 Å². The molecule has 3 heteroatoms. The van der Waals surface area contributed by atoms with Gasteiger partial charge in [-0.2, -0.15) is 0 Å². The SMILES string of the molecule is Cc1ccc(CN2CC(CN)CCC2C)cc1Cl. The molecule has 1 fully saturated rings. The van der Waals surface area contributed by atoms with Crippen LogP contribution in [-0.2, 0) is 6.54 Å². The third kappa shape index (κ3) is 3.25. The van der Waals surface area contributed by atoms with Gasteiger partial charge in [0.2, 0.25) is 0 Å². The zero-order chi connectivity index (χ0) is 13.1. The highest BCUT2D eigenvalue weighted by Gasteiger charge is 2.24. The monoisotopic (exact) mass is 266 g/mol. The molecule has 0 aliphatic carbocycles. The van der Waals surface area contributed by atoms with Gasteiger partial charge in [-0.1, -0.05) is 23.7 Å². The first-order valence-electron chi connectivity index (χ1n) is 6.79. The minimum atomic E-state index is 0.646. The highest BCUT2D eigenvalue weighted by atomic mass is 35.5. The summed E-state index contributed by atoms with van der Waals surface area (Å²) < 4.78 is 0. The summed E-state index contributed by atoms with van der Waals surface area (Å²) in [4.78, 5) is 2.53. The molecule has 0 amide bonds. The van der Waals surface area contributed by atoms with Gasteiger partial charge in [0.25, 0.3) is 0 Å². The summed E-state index contributed by atoms with van der Waals surface area (Å²) in [5.41, 5.74) is 8.25. The molecule has 0 bridgehead atoms. The maximum Gasteiger partial charge on any atom is 0.0438 e. The molecule has 100 valence electrons. The Labute approximate surface area is 115 Å². The first kappa shape index (κ1) is 13.9. The van der Waals surface area contributed by atoms with E-state index in [0.29, 0.717) is 12.0 Å². The average Bonchev–Trinajstić information content (AvgIpc) is 2.36. The molecule has 0 aromatic heterocycles. The van der Waals surface area contributed by atoms with Crippen LogP contribution in [0.5, 0.6) is 0 Å². The predicted molar refractivity (Wildman–Crippen MR) is 77.8 cm³/mol. The number of hydrogen-bond donors (Lipinski definition) is 1. The number of rotatable bonds is 3. The second-order valence-electron chi connectivity index (χ2n) is 5.54. The maximum absolute atomic E-state index is 6.19. The van der Waals surface area contributed by atoms with Gasteiger partial charge >= 0.3 is 0 Å². The van der Waals surface area contributed by atoms with Crippen molar-refractivity contribution in [3.05, 3.63) is 34.3 Å². The van der Waals surface area contributed by atoms with Crippen molar-refractivity contribution < 1.29 is 0 Å². The van der Waals surface area contributed by atoms with Crippen LogP contribution in [0.2, 0.25) is 5.02 Å². The molecule has 1 aromatic carbocycles. The van der Waals surface area contributed by atoms with Crippen molar-refractivity contribution in [2.24, 2.45) is 11.7 Å². The standard InChI is InChI=1S/C15H23ClN2/c1-11-3-5-13(7-15(11)16)9-18-10-14(8-17)6-4-12(18)2/h3,5,7,12,14H,4,6,8-10,17H2,1-2H3. The van der Waals surface area contributed by atoms with Gasteiger partial charge in [0.05, 0.1) is 0 Å². The van der Waals surface area contributed by atoms with Crippen LogP contribution in [0.4, 0.5) is 0 Å². The summed E-state index contributed by atoms with van der Waals surface area (Å²) in [5.74, 6) is 0.655. The van der Waals surface area contributed by atoms with Crippen LogP contribution < -0.4 is 5.73 Å². The Morgan fingerprint density at radius 2 is 2.17 bits per heavy atom. The normalized spacial score (nSPS) is 25.3. The molecular weight excluding hydrogens is 244 g/mol. The smallest absolute Gasteiger partial charge is 0.0438 e. The van der Waals surface area contributed by atoms with Crippen LogP contribution in [0.1, 0.15) is 30.9 Å². The van der Waals surface area contributed by atoms with E-state index in [1.807, 2.05) is 6.92 Å². The molecule has 1 aliphatic rings. The second-order valence-corrected chi connectivity index (χ2v) is 5.95. The van der Waals surface area contributed by atoms with Crippen molar-refractivity contribution in [3.8, 4) is 0 Å². The fourth-order valence-corrected chi connectivity index (χ4v) is 2.85. The highest BCUT2D eigenvalue weighted by Crippen LogP contribution is 2.24. The zero-order valence-corrected chi connectivity index (χ0v) is 12.1. The van der Waals surface area contributed by atoms with Crippen molar-refractivity contribution in [2.45, 2.75) is 39.3 Å². The van der Waals surface area contributed by atoms with Crippen molar-refractivity contribution in [3.63, 3.8) is 0 Å². The number of nitrogens with zero attached hydrogens (tertiary/aromatic N) is 1. The summed E-state index contributed by atoms with van der Waals surface area (Å²) >= 11 is 6.19. The Morgan fingerprint density at radius 3 is 2.83 bits per heavy atom. The van der Waals surface area contributed by atoms with E-state index in [1.54, 1.807) is 0 Å². The summed E-state index contributed by atoms with van der Waals surface area (Å²) in [5, 5.41) is 0.868. The number of aryl methyl sites for hydroxylation is 1. The Kier molecular flexibility index (Phi) is 4.66. The van der Waals surface area contributed by atoms with Gasteiger partial charge in [-0.05, 0) is 56.3 Å². The molecule has 0 saturated carbocycles. The fraction of sp³-hybridized carbons (Fsp3) is 0.600. The van der Waals surface area contributed by atoms with E-state index in [9.17, 15) is 0 Å². The van der Waals surface area contributed by atoms with Crippen molar-refractivity contribution in [2.75, 3.05) is 13.1 Å². The number of benzene rings is 1. The van der Waals surface area contributed by atoms with Gasteiger partial charge in [-0.15, -0.1) is 0 Å². The largest absolute Gasteiger partial charge is 0.330 e. The molecule has 1 aromatic rings. The quantitative estimate of drug-likeness (QED) is 0.910. The van der Waals surface area contributed by atoms with Crippen molar-refractivity contribution in [1.82, 2.24) is 4.90 Å². The highest BCUT2D eigenvalue weighted by molar-refractivity contribution is 6.31. The van der Waals surface area contributed by atoms with Gasteiger partial charge < -0.3 is 5.73 Å². The Morgan fingerprint density at radius 1 is 1.39 bits per heavy atom. The molecule has 18 heavy (non-hydrogen) atoms. The van der Waals surface area contributed by atoms with Crippen LogP contribution in [-0.4, -0.2) is 24.0 Å². The molecule has 0 spiro atoms. The van der Waals surface area contributed by atoms with Crippen molar-refractivity contribution >= 4 is 11.6 Å². The summed E-state index contributed by atoms with van der Waals surface area (Å²) in [7, 11) is 0. The van der Waals surface area contributed by atoms with Crippen molar-refractivity contribution in [1.29, 1.82) is 0 Å². The molecule has 2 nitrogen and oxygen atoms in total. The fourth-order valence-electron chi connectivity index (χ4n) is 2.64. The van der Waals surface area contributed by atoms with E-state index in [2.05, 4.69) is 30.0 Å².